The molecule has 0 spiro atoms. The van der Waals surface area contributed by atoms with Crippen molar-refractivity contribution in [3.63, 3.8) is 0 Å². The molecule has 3 rings (SSSR count). The third kappa shape index (κ3) is 4.64. The fraction of sp³-hybridized carbons (Fsp3) is 0.105. The number of halogens is 1. The minimum absolute atomic E-state index is 0.0692. The van der Waals surface area contributed by atoms with Crippen molar-refractivity contribution >= 4 is 27.5 Å². The molecule has 0 aliphatic rings. The van der Waals surface area contributed by atoms with Crippen molar-refractivity contribution in [2.75, 3.05) is 12.4 Å². The lowest BCUT2D eigenvalue weighted by Gasteiger charge is -2.08. The zero-order valence-corrected chi connectivity index (χ0v) is 15.2. The number of hydrogen-bond acceptors (Lipinski definition) is 4. The van der Waals surface area contributed by atoms with Crippen LogP contribution in [0.15, 0.2) is 65.1 Å². The van der Waals surface area contributed by atoms with E-state index in [1.807, 2.05) is 54.6 Å². The SMILES string of the molecule is COc1ccc(-c2cccc(NC(=O)Cc3ccc(Br)cc3)c2)nn1. The van der Waals surface area contributed by atoms with E-state index < -0.39 is 0 Å². The number of anilines is 1. The first-order chi connectivity index (χ1) is 12.1. The Hall–Kier alpha value is -2.73. The lowest BCUT2D eigenvalue weighted by Crippen LogP contribution is -2.14. The van der Waals surface area contributed by atoms with Crippen LogP contribution in [0.25, 0.3) is 11.3 Å². The van der Waals surface area contributed by atoms with E-state index in [9.17, 15) is 4.79 Å². The summed E-state index contributed by atoms with van der Waals surface area (Å²) in [6.07, 6.45) is 0.319. The lowest BCUT2D eigenvalue weighted by molar-refractivity contribution is -0.115. The first-order valence-electron chi connectivity index (χ1n) is 7.66. The van der Waals surface area contributed by atoms with Crippen molar-refractivity contribution < 1.29 is 9.53 Å². The van der Waals surface area contributed by atoms with Crippen molar-refractivity contribution in [2.45, 2.75) is 6.42 Å². The summed E-state index contributed by atoms with van der Waals surface area (Å²) in [5.41, 5.74) is 3.26. The molecule has 1 N–H and O–H groups in total. The minimum Gasteiger partial charge on any atom is -0.480 e. The Labute approximate surface area is 154 Å². The first kappa shape index (κ1) is 17.1. The number of aromatic nitrogens is 2. The molecule has 25 heavy (non-hydrogen) atoms. The van der Waals surface area contributed by atoms with Crippen LogP contribution in [0.4, 0.5) is 5.69 Å². The van der Waals surface area contributed by atoms with Gasteiger partial charge in [-0.1, -0.05) is 40.2 Å². The molecule has 0 aliphatic carbocycles. The van der Waals surface area contributed by atoms with Gasteiger partial charge < -0.3 is 10.1 Å². The highest BCUT2D eigenvalue weighted by Crippen LogP contribution is 2.21. The van der Waals surface area contributed by atoms with Gasteiger partial charge in [-0.05, 0) is 35.9 Å². The molecule has 5 nitrogen and oxygen atoms in total. The van der Waals surface area contributed by atoms with Crippen molar-refractivity contribution in [1.82, 2.24) is 10.2 Å². The normalized spacial score (nSPS) is 10.3. The molecule has 1 heterocycles. The maximum Gasteiger partial charge on any atom is 0.233 e. The fourth-order valence-electron chi connectivity index (χ4n) is 2.33. The molecule has 3 aromatic rings. The van der Waals surface area contributed by atoms with E-state index in [0.29, 0.717) is 18.0 Å². The topological polar surface area (TPSA) is 64.1 Å². The van der Waals surface area contributed by atoms with E-state index in [-0.39, 0.29) is 5.91 Å². The molecule has 126 valence electrons. The highest BCUT2D eigenvalue weighted by Gasteiger charge is 2.07. The van der Waals surface area contributed by atoms with Crippen molar-refractivity contribution in [3.8, 4) is 17.1 Å². The van der Waals surface area contributed by atoms with E-state index in [1.165, 1.54) is 0 Å². The molecule has 0 radical (unpaired) electrons. The third-order valence-electron chi connectivity index (χ3n) is 3.57. The number of carbonyl (C=O) groups excluding carboxylic acids is 1. The Morgan fingerprint density at radius 1 is 1.08 bits per heavy atom. The molecule has 0 unspecified atom stereocenters. The number of carbonyl (C=O) groups is 1. The number of ether oxygens (including phenoxy) is 1. The van der Waals surface area contributed by atoms with Crippen LogP contribution in [0.1, 0.15) is 5.56 Å². The lowest BCUT2D eigenvalue weighted by atomic mass is 10.1. The smallest absolute Gasteiger partial charge is 0.233 e. The molecule has 1 aromatic heterocycles. The summed E-state index contributed by atoms with van der Waals surface area (Å²) in [5.74, 6) is 0.392. The Balaban J connectivity index is 1.70. The number of nitrogens with zero attached hydrogens (tertiary/aromatic N) is 2. The summed E-state index contributed by atoms with van der Waals surface area (Å²) in [7, 11) is 1.55. The molecule has 6 heteroatoms. The standard InChI is InChI=1S/C19H16BrN3O2/c1-25-19-10-9-17(22-23-19)14-3-2-4-16(12-14)21-18(24)11-13-5-7-15(20)8-6-13/h2-10,12H,11H2,1H3,(H,21,24). The Morgan fingerprint density at radius 3 is 2.56 bits per heavy atom. The molecular weight excluding hydrogens is 382 g/mol. The van der Waals surface area contributed by atoms with Gasteiger partial charge in [0.2, 0.25) is 11.8 Å². The van der Waals surface area contributed by atoms with Crippen LogP contribution in [0.5, 0.6) is 5.88 Å². The van der Waals surface area contributed by atoms with E-state index in [1.54, 1.807) is 13.2 Å². The molecule has 0 bridgehead atoms. The molecule has 2 aromatic carbocycles. The van der Waals surface area contributed by atoms with Gasteiger partial charge in [0.05, 0.1) is 19.2 Å². The predicted octanol–water partition coefficient (Wildman–Crippen LogP) is 4.10. The van der Waals surface area contributed by atoms with Crippen LogP contribution in [-0.4, -0.2) is 23.2 Å². The Bertz CT molecular complexity index is 865. The zero-order chi connectivity index (χ0) is 17.6. The van der Waals surface area contributed by atoms with E-state index >= 15 is 0 Å². The second-order valence-corrected chi connectivity index (χ2v) is 6.31. The fourth-order valence-corrected chi connectivity index (χ4v) is 2.60. The largest absolute Gasteiger partial charge is 0.480 e. The van der Waals surface area contributed by atoms with Crippen LogP contribution >= 0.6 is 15.9 Å². The summed E-state index contributed by atoms with van der Waals surface area (Å²) < 4.78 is 6.00. The van der Waals surface area contributed by atoms with Gasteiger partial charge in [-0.15, -0.1) is 10.2 Å². The third-order valence-corrected chi connectivity index (χ3v) is 4.10. The monoisotopic (exact) mass is 397 g/mol. The summed E-state index contributed by atoms with van der Waals surface area (Å²) in [5, 5.41) is 11.0. The number of methoxy groups -OCH3 is 1. The van der Waals surface area contributed by atoms with E-state index in [0.717, 1.165) is 21.3 Å². The summed E-state index contributed by atoms with van der Waals surface area (Å²) in [4.78, 5) is 12.2. The van der Waals surface area contributed by atoms with Crippen LogP contribution in [0.2, 0.25) is 0 Å². The number of nitrogens with one attached hydrogen (secondary N) is 1. The molecule has 0 atom stereocenters. The van der Waals surface area contributed by atoms with E-state index in [4.69, 9.17) is 4.74 Å². The molecule has 0 fully saturated rings. The molecule has 1 amide bonds. The Morgan fingerprint density at radius 2 is 1.88 bits per heavy atom. The molecule has 0 saturated carbocycles. The van der Waals surface area contributed by atoms with Gasteiger partial charge in [0.25, 0.3) is 0 Å². The van der Waals surface area contributed by atoms with E-state index in [2.05, 4.69) is 31.4 Å². The maximum absolute atomic E-state index is 12.2. The number of amides is 1. The second kappa shape index (κ2) is 7.90. The van der Waals surface area contributed by atoms with Gasteiger partial charge in [-0.2, -0.15) is 0 Å². The van der Waals surface area contributed by atoms with Crippen molar-refractivity contribution in [2.24, 2.45) is 0 Å². The quantitative estimate of drug-likeness (QED) is 0.703. The molecular formula is C19H16BrN3O2. The second-order valence-electron chi connectivity index (χ2n) is 5.39. The van der Waals surface area contributed by atoms with Crippen LogP contribution < -0.4 is 10.1 Å². The number of benzene rings is 2. The van der Waals surface area contributed by atoms with Gasteiger partial charge in [0, 0.05) is 21.8 Å². The van der Waals surface area contributed by atoms with Crippen LogP contribution in [0.3, 0.4) is 0 Å². The maximum atomic E-state index is 12.2. The highest BCUT2D eigenvalue weighted by molar-refractivity contribution is 9.10. The summed E-state index contributed by atoms with van der Waals surface area (Å²) in [6.45, 7) is 0. The average Bonchev–Trinajstić information content (AvgIpc) is 2.64. The Kier molecular flexibility index (Phi) is 5.40. The minimum atomic E-state index is -0.0692. The predicted molar refractivity (Wildman–Crippen MR) is 100 cm³/mol. The van der Waals surface area contributed by atoms with Crippen molar-refractivity contribution in [3.05, 3.63) is 70.7 Å². The van der Waals surface area contributed by atoms with Gasteiger partial charge >= 0.3 is 0 Å². The number of rotatable bonds is 5. The molecule has 0 saturated heterocycles. The van der Waals surface area contributed by atoms with Gasteiger partial charge in [-0.25, -0.2) is 0 Å². The van der Waals surface area contributed by atoms with Gasteiger partial charge in [-0.3, -0.25) is 4.79 Å². The summed E-state index contributed by atoms with van der Waals surface area (Å²) in [6, 6.07) is 18.8. The highest BCUT2D eigenvalue weighted by atomic mass is 79.9. The summed E-state index contributed by atoms with van der Waals surface area (Å²) >= 11 is 3.39. The number of hydrogen-bond donors (Lipinski definition) is 1. The van der Waals surface area contributed by atoms with Gasteiger partial charge in [0.1, 0.15) is 0 Å². The van der Waals surface area contributed by atoms with Crippen molar-refractivity contribution in [1.29, 1.82) is 0 Å². The van der Waals surface area contributed by atoms with Crippen LogP contribution in [0, 0.1) is 0 Å². The average molecular weight is 398 g/mol. The first-order valence-corrected chi connectivity index (χ1v) is 8.46. The van der Waals surface area contributed by atoms with Crippen LogP contribution in [-0.2, 0) is 11.2 Å². The van der Waals surface area contributed by atoms with Gasteiger partial charge in [0.15, 0.2) is 0 Å². The molecule has 0 aliphatic heterocycles. The zero-order valence-electron chi connectivity index (χ0n) is 13.6.